The van der Waals surface area contributed by atoms with Crippen LogP contribution in [0.1, 0.15) is 24.2 Å². The first kappa shape index (κ1) is 16.5. The van der Waals surface area contributed by atoms with Gasteiger partial charge in [-0.2, -0.15) is 5.10 Å². The summed E-state index contributed by atoms with van der Waals surface area (Å²) >= 11 is 0. The number of carbonyl (C=O) groups excluding carboxylic acids is 1. The molecule has 0 aliphatic heterocycles. The van der Waals surface area contributed by atoms with Crippen LogP contribution in [-0.2, 0) is 18.4 Å². The van der Waals surface area contributed by atoms with Gasteiger partial charge in [0.15, 0.2) is 0 Å². The molecule has 0 spiro atoms. The summed E-state index contributed by atoms with van der Waals surface area (Å²) in [4.78, 5) is 22.5. The molecule has 1 N–H and O–H groups in total. The second-order valence-electron chi connectivity index (χ2n) is 5.03. The number of aryl methyl sites for hydroxylation is 1. The van der Waals surface area contributed by atoms with Crippen molar-refractivity contribution >= 4 is 11.6 Å². The lowest BCUT2D eigenvalue weighted by atomic mass is 10.2. The highest BCUT2D eigenvalue weighted by Crippen LogP contribution is 2.25. The predicted octanol–water partition coefficient (Wildman–Crippen LogP) is 0.719. The smallest absolute Gasteiger partial charge is 0.350 e. The van der Waals surface area contributed by atoms with Crippen LogP contribution in [0.2, 0.25) is 0 Å². The molecule has 0 saturated carbocycles. The van der Waals surface area contributed by atoms with Crippen LogP contribution in [0.3, 0.4) is 0 Å². The van der Waals surface area contributed by atoms with Gasteiger partial charge in [-0.05, 0) is 13.8 Å². The first-order chi connectivity index (χ1) is 10.8. The molecule has 23 heavy (non-hydrogen) atoms. The summed E-state index contributed by atoms with van der Waals surface area (Å²) in [7, 11) is 3.11. The third-order valence-corrected chi connectivity index (χ3v) is 3.64. The number of carbonyl (C=O) groups is 1. The largest absolute Gasteiger partial charge is 0.475 e. The Morgan fingerprint density at radius 1 is 1.57 bits per heavy atom. The van der Waals surface area contributed by atoms with Crippen molar-refractivity contribution < 1.29 is 14.5 Å². The second kappa shape index (κ2) is 6.46. The van der Waals surface area contributed by atoms with E-state index in [1.807, 2.05) is 14.0 Å². The summed E-state index contributed by atoms with van der Waals surface area (Å²) < 4.78 is 7.77. The highest BCUT2D eigenvalue weighted by Gasteiger charge is 2.25. The van der Waals surface area contributed by atoms with Crippen molar-refractivity contribution in [1.82, 2.24) is 24.9 Å². The number of nitrogens with one attached hydrogen (secondary N) is 1. The van der Waals surface area contributed by atoms with Crippen LogP contribution < -0.4 is 10.1 Å². The molecule has 2 aromatic heterocycles. The van der Waals surface area contributed by atoms with Crippen molar-refractivity contribution in [3.63, 3.8) is 0 Å². The number of amides is 1. The number of methoxy groups -OCH3 is 1. The number of hydrogen-bond donors (Lipinski definition) is 1. The lowest BCUT2D eigenvalue weighted by molar-refractivity contribution is -0.385. The molecule has 0 aliphatic carbocycles. The maximum atomic E-state index is 12.2. The van der Waals surface area contributed by atoms with E-state index in [0.29, 0.717) is 6.54 Å². The van der Waals surface area contributed by atoms with Gasteiger partial charge in [-0.15, -0.1) is 5.10 Å². The van der Waals surface area contributed by atoms with Crippen LogP contribution in [-0.4, -0.2) is 37.5 Å². The molecule has 0 saturated heterocycles. The summed E-state index contributed by atoms with van der Waals surface area (Å²) in [5.74, 6) is -0.439. The van der Waals surface area contributed by atoms with Gasteiger partial charge in [0.1, 0.15) is 12.2 Å². The molecule has 0 radical (unpaired) electrons. The van der Waals surface area contributed by atoms with Crippen LogP contribution in [0.5, 0.6) is 5.88 Å². The third kappa shape index (κ3) is 3.30. The third-order valence-electron chi connectivity index (χ3n) is 3.64. The molecular formula is C13H18N6O4. The normalized spacial score (nSPS) is 12.0. The average Bonchev–Trinajstić information content (AvgIpc) is 3.09. The average molecular weight is 322 g/mol. The number of ether oxygens (including phenoxy) is 1. The molecule has 1 unspecified atom stereocenters. The van der Waals surface area contributed by atoms with E-state index < -0.39 is 11.0 Å². The molecule has 2 aromatic rings. The molecule has 10 nitrogen and oxygen atoms in total. The maximum Gasteiger partial charge on any atom is 0.350 e. The van der Waals surface area contributed by atoms with Gasteiger partial charge in [0.05, 0.1) is 18.2 Å². The van der Waals surface area contributed by atoms with Gasteiger partial charge >= 0.3 is 11.6 Å². The molecule has 2 heterocycles. The number of nitro groups is 1. The molecule has 0 aliphatic rings. The van der Waals surface area contributed by atoms with Crippen LogP contribution in [0, 0.1) is 17.0 Å². The Morgan fingerprint density at radius 3 is 2.74 bits per heavy atom. The van der Waals surface area contributed by atoms with E-state index in [4.69, 9.17) is 4.74 Å². The molecule has 10 heteroatoms. The van der Waals surface area contributed by atoms with Crippen molar-refractivity contribution in [1.29, 1.82) is 0 Å². The topological polar surface area (TPSA) is 117 Å². The summed E-state index contributed by atoms with van der Waals surface area (Å²) in [6.07, 6.45) is 2.86. The van der Waals surface area contributed by atoms with Gasteiger partial charge < -0.3 is 10.1 Å². The van der Waals surface area contributed by atoms with Crippen LogP contribution in [0.4, 0.5) is 5.69 Å². The summed E-state index contributed by atoms with van der Waals surface area (Å²) in [5.41, 5.74) is 1.57. The SMILES string of the molecule is COc1nn(C(C)C(=O)NCc2cnn(C)c2C)cc1[N+](=O)[O-]. The first-order valence-corrected chi connectivity index (χ1v) is 6.87. The molecular weight excluding hydrogens is 304 g/mol. The van der Waals surface area contributed by atoms with E-state index in [2.05, 4.69) is 15.5 Å². The van der Waals surface area contributed by atoms with E-state index in [-0.39, 0.29) is 17.5 Å². The predicted molar refractivity (Wildman–Crippen MR) is 79.9 cm³/mol. The Hall–Kier alpha value is -2.91. The first-order valence-electron chi connectivity index (χ1n) is 6.87. The fourth-order valence-electron chi connectivity index (χ4n) is 2.00. The van der Waals surface area contributed by atoms with E-state index >= 15 is 0 Å². The maximum absolute atomic E-state index is 12.2. The molecule has 0 aromatic carbocycles. The fourth-order valence-corrected chi connectivity index (χ4v) is 2.00. The van der Waals surface area contributed by atoms with E-state index in [1.54, 1.807) is 17.8 Å². The van der Waals surface area contributed by atoms with Crippen LogP contribution in [0.15, 0.2) is 12.4 Å². The summed E-state index contributed by atoms with van der Waals surface area (Å²) in [6, 6.07) is -0.713. The van der Waals surface area contributed by atoms with Crippen molar-refractivity contribution in [2.45, 2.75) is 26.4 Å². The Bertz CT molecular complexity index is 735. The fraction of sp³-hybridized carbons (Fsp3) is 0.462. The highest BCUT2D eigenvalue weighted by atomic mass is 16.6. The van der Waals surface area contributed by atoms with E-state index in [9.17, 15) is 14.9 Å². The lowest BCUT2D eigenvalue weighted by Crippen LogP contribution is -2.31. The zero-order chi connectivity index (χ0) is 17.1. The minimum atomic E-state index is -0.713. The van der Waals surface area contributed by atoms with Crippen LogP contribution in [0.25, 0.3) is 0 Å². The standard InChI is InChI=1S/C13H18N6O4/c1-8-10(6-15-17(8)3)5-14-12(20)9(2)18-7-11(19(21)22)13(16-18)23-4/h6-7,9H,5H2,1-4H3,(H,14,20). The minimum Gasteiger partial charge on any atom is -0.475 e. The zero-order valence-electron chi connectivity index (χ0n) is 13.3. The van der Waals surface area contributed by atoms with Gasteiger partial charge in [0, 0.05) is 24.8 Å². The van der Waals surface area contributed by atoms with Crippen molar-refractivity contribution in [2.75, 3.05) is 7.11 Å². The second-order valence-corrected chi connectivity index (χ2v) is 5.03. The highest BCUT2D eigenvalue weighted by molar-refractivity contribution is 5.79. The quantitative estimate of drug-likeness (QED) is 0.618. The molecule has 0 fully saturated rings. The van der Waals surface area contributed by atoms with E-state index in [0.717, 1.165) is 11.3 Å². The van der Waals surface area contributed by atoms with Gasteiger partial charge in [0.25, 0.3) is 0 Å². The van der Waals surface area contributed by atoms with Gasteiger partial charge in [0.2, 0.25) is 5.91 Å². The summed E-state index contributed by atoms with van der Waals surface area (Å²) in [5, 5.41) is 21.7. The number of nitrogens with zero attached hydrogens (tertiary/aromatic N) is 5. The number of rotatable bonds is 6. The van der Waals surface area contributed by atoms with Crippen LogP contribution >= 0.6 is 0 Å². The molecule has 2 rings (SSSR count). The minimum absolute atomic E-state index is 0.127. The molecule has 1 atom stereocenters. The Morgan fingerprint density at radius 2 is 2.26 bits per heavy atom. The summed E-state index contributed by atoms with van der Waals surface area (Å²) in [6.45, 7) is 3.82. The van der Waals surface area contributed by atoms with Gasteiger partial charge in [-0.3, -0.25) is 19.6 Å². The van der Waals surface area contributed by atoms with E-state index in [1.165, 1.54) is 18.0 Å². The number of hydrogen-bond acceptors (Lipinski definition) is 6. The number of aromatic nitrogens is 4. The lowest BCUT2D eigenvalue weighted by Gasteiger charge is -2.12. The van der Waals surface area contributed by atoms with Crippen molar-refractivity contribution in [3.8, 4) is 5.88 Å². The molecule has 0 bridgehead atoms. The van der Waals surface area contributed by atoms with Crippen molar-refractivity contribution in [3.05, 3.63) is 33.8 Å². The van der Waals surface area contributed by atoms with Gasteiger partial charge in [-0.1, -0.05) is 0 Å². The zero-order valence-corrected chi connectivity index (χ0v) is 13.3. The Labute approximate surface area is 132 Å². The monoisotopic (exact) mass is 322 g/mol. The van der Waals surface area contributed by atoms with Gasteiger partial charge in [-0.25, -0.2) is 4.68 Å². The van der Waals surface area contributed by atoms with Crippen molar-refractivity contribution in [2.24, 2.45) is 7.05 Å². The molecule has 1 amide bonds. The Balaban J connectivity index is 2.07. The molecule has 124 valence electrons. The Kier molecular flexibility index (Phi) is 4.63.